The lowest BCUT2D eigenvalue weighted by molar-refractivity contribution is 0.101. The number of carbonyl (C=O) groups is 1. The van der Waals surface area contributed by atoms with E-state index >= 15 is 0 Å². The minimum atomic E-state index is -0.630. The first-order valence-electron chi connectivity index (χ1n) is 4.16. The number of amides is 1. The monoisotopic (exact) mass is 285 g/mol. The molecule has 82 valence electrons. The van der Waals surface area contributed by atoms with Crippen molar-refractivity contribution >= 4 is 27.5 Å². The molecule has 8 heteroatoms. The summed E-state index contributed by atoms with van der Waals surface area (Å²) in [6.07, 6.45) is 0. The number of nitrogens with one attached hydrogen (secondary N) is 2. The molecule has 1 aromatic carbocycles. The molecule has 1 heterocycles. The first-order valence-corrected chi connectivity index (χ1v) is 4.96. The van der Waals surface area contributed by atoms with Crippen molar-refractivity contribution in [1.82, 2.24) is 20.6 Å². The molecule has 0 radical (unpaired) electrons. The summed E-state index contributed by atoms with van der Waals surface area (Å²) in [7, 11) is 0. The Morgan fingerprint density at radius 2 is 2.31 bits per heavy atom. The van der Waals surface area contributed by atoms with Crippen molar-refractivity contribution < 1.29 is 9.18 Å². The molecule has 0 fully saturated rings. The van der Waals surface area contributed by atoms with Crippen LogP contribution in [-0.2, 0) is 0 Å². The van der Waals surface area contributed by atoms with E-state index in [1.807, 2.05) is 0 Å². The molecule has 0 bridgehead atoms. The van der Waals surface area contributed by atoms with E-state index in [9.17, 15) is 9.18 Å². The Morgan fingerprint density at radius 1 is 1.50 bits per heavy atom. The number of H-pyrrole nitrogens is 1. The van der Waals surface area contributed by atoms with Gasteiger partial charge in [-0.1, -0.05) is 15.9 Å². The molecule has 0 spiro atoms. The van der Waals surface area contributed by atoms with E-state index in [0.717, 1.165) is 0 Å². The highest BCUT2D eigenvalue weighted by molar-refractivity contribution is 9.10. The predicted molar refractivity (Wildman–Crippen MR) is 56.2 cm³/mol. The Kier molecular flexibility index (Phi) is 2.91. The summed E-state index contributed by atoms with van der Waals surface area (Å²) >= 11 is 3.11. The van der Waals surface area contributed by atoms with E-state index in [2.05, 4.69) is 41.9 Å². The molecule has 16 heavy (non-hydrogen) atoms. The van der Waals surface area contributed by atoms with Gasteiger partial charge in [0.05, 0.1) is 5.69 Å². The highest BCUT2D eigenvalue weighted by Gasteiger charge is 2.13. The van der Waals surface area contributed by atoms with Crippen LogP contribution in [0.15, 0.2) is 22.7 Å². The molecular formula is C8H5BrFN5O. The third kappa shape index (κ3) is 2.22. The number of nitrogens with zero attached hydrogens (tertiary/aromatic N) is 3. The zero-order valence-corrected chi connectivity index (χ0v) is 9.32. The van der Waals surface area contributed by atoms with Crippen LogP contribution >= 0.6 is 15.9 Å². The smallest absolute Gasteiger partial charge is 0.297 e. The van der Waals surface area contributed by atoms with Gasteiger partial charge in [0.2, 0.25) is 0 Å². The average Bonchev–Trinajstić information content (AvgIpc) is 2.75. The fraction of sp³-hybridized carbons (Fsp3) is 0. The van der Waals surface area contributed by atoms with Crippen LogP contribution in [0.25, 0.3) is 0 Å². The molecule has 0 saturated carbocycles. The lowest BCUT2D eigenvalue weighted by Crippen LogP contribution is -2.14. The van der Waals surface area contributed by atoms with Crippen LogP contribution in [0, 0.1) is 5.82 Å². The zero-order chi connectivity index (χ0) is 11.5. The van der Waals surface area contributed by atoms with Crippen molar-refractivity contribution in [2.75, 3.05) is 5.32 Å². The van der Waals surface area contributed by atoms with E-state index in [1.165, 1.54) is 12.1 Å². The van der Waals surface area contributed by atoms with Crippen LogP contribution in [0.4, 0.5) is 10.1 Å². The highest BCUT2D eigenvalue weighted by Crippen LogP contribution is 2.19. The molecule has 0 aliphatic heterocycles. The molecule has 0 unspecified atom stereocenters. The molecule has 2 rings (SSSR count). The van der Waals surface area contributed by atoms with Crippen LogP contribution < -0.4 is 5.32 Å². The van der Waals surface area contributed by atoms with Crippen molar-refractivity contribution in [3.63, 3.8) is 0 Å². The molecule has 6 nitrogen and oxygen atoms in total. The van der Waals surface area contributed by atoms with E-state index in [1.54, 1.807) is 6.07 Å². The van der Waals surface area contributed by atoms with Gasteiger partial charge < -0.3 is 5.32 Å². The summed E-state index contributed by atoms with van der Waals surface area (Å²) < 4.78 is 13.9. The maximum atomic E-state index is 13.3. The molecular weight excluding hydrogens is 281 g/mol. The molecule has 0 saturated heterocycles. The highest BCUT2D eigenvalue weighted by atomic mass is 79.9. The normalized spacial score (nSPS) is 10.1. The van der Waals surface area contributed by atoms with Crippen molar-refractivity contribution in [2.24, 2.45) is 0 Å². The van der Waals surface area contributed by atoms with Crippen LogP contribution in [0.5, 0.6) is 0 Å². The maximum absolute atomic E-state index is 13.3. The standard InChI is InChI=1S/C8H5BrFN5O/c9-4-1-2-6(5(10)3-4)11-8(16)7-12-14-15-13-7/h1-3H,(H,11,16)(H,12,13,14,15). The van der Waals surface area contributed by atoms with Gasteiger partial charge in [-0.3, -0.25) is 4.79 Å². The maximum Gasteiger partial charge on any atom is 0.297 e. The van der Waals surface area contributed by atoms with Crippen LogP contribution in [0.2, 0.25) is 0 Å². The Labute approximate surface area is 97.4 Å². The fourth-order valence-corrected chi connectivity index (χ4v) is 1.36. The number of halogens is 2. The molecule has 2 N–H and O–H groups in total. The summed E-state index contributed by atoms with van der Waals surface area (Å²) in [5.41, 5.74) is 0.0537. The largest absolute Gasteiger partial charge is 0.317 e. The number of aromatic nitrogens is 4. The number of benzene rings is 1. The molecule has 0 atom stereocenters. The number of anilines is 1. The average molecular weight is 286 g/mol. The third-order valence-corrected chi connectivity index (χ3v) is 2.22. The Morgan fingerprint density at radius 3 is 2.94 bits per heavy atom. The Bertz CT molecular complexity index is 515. The Balaban J connectivity index is 2.18. The van der Waals surface area contributed by atoms with Crippen molar-refractivity contribution in [3.05, 3.63) is 34.3 Å². The van der Waals surface area contributed by atoms with Gasteiger partial charge in [-0.2, -0.15) is 5.21 Å². The van der Waals surface area contributed by atoms with Gasteiger partial charge in [0.25, 0.3) is 11.7 Å². The molecule has 0 aliphatic carbocycles. The first-order chi connectivity index (χ1) is 7.66. The fourth-order valence-electron chi connectivity index (χ4n) is 1.03. The second-order valence-corrected chi connectivity index (χ2v) is 3.73. The lowest BCUT2D eigenvalue weighted by atomic mass is 10.3. The van der Waals surface area contributed by atoms with Gasteiger partial charge in [-0.05, 0) is 23.4 Å². The molecule has 1 aromatic heterocycles. The van der Waals surface area contributed by atoms with Gasteiger partial charge in [0, 0.05) is 4.47 Å². The van der Waals surface area contributed by atoms with Gasteiger partial charge in [-0.15, -0.1) is 10.2 Å². The van der Waals surface area contributed by atoms with Crippen molar-refractivity contribution in [3.8, 4) is 0 Å². The van der Waals surface area contributed by atoms with E-state index in [4.69, 9.17) is 0 Å². The SMILES string of the molecule is O=C(Nc1ccc(Br)cc1F)c1nn[nH]n1. The van der Waals surface area contributed by atoms with Crippen LogP contribution in [0.1, 0.15) is 10.6 Å². The number of carbonyl (C=O) groups excluding carboxylic acids is 1. The number of aromatic amines is 1. The topological polar surface area (TPSA) is 83.6 Å². The predicted octanol–water partition coefficient (Wildman–Crippen LogP) is 1.35. The summed E-state index contributed by atoms with van der Waals surface area (Å²) in [6, 6.07) is 4.28. The summed E-state index contributed by atoms with van der Waals surface area (Å²) in [5, 5.41) is 14.6. The first kappa shape index (κ1) is 10.7. The summed E-state index contributed by atoms with van der Waals surface area (Å²) in [5.74, 6) is -1.33. The van der Waals surface area contributed by atoms with E-state index < -0.39 is 11.7 Å². The van der Waals surface area contributed by atoms with E-state index in [-0.39, 0.29) is 11.5 Å². The van der Waals surface area contributed by atoms with Crippen molar-refractivity contribution in [2.45, 2.75) is 0 Å². The summed E-state index contributed by atoms with van der Waals surface area (Å²) in [4.78, 5) is 11.4. The minimum Gasteiger partial charge on any atom is -0.317 e. The molecule has 2 aromatic rings. The van der Waals surface area contributed by atoms with Crippen molar-refractivity contribution in [1.29, 1.82) is 0 Å². The molecule has 1 amide bonds. The number of rotatable bonds is 2. The van der Waals surface area contributed by atoms with Crippen LogP contribution in [-0.4, -0.2) is 26.5 Å². The third-order valence-electron chi connectivity index (χ3n) is 1.73. The van der Waals surface area contributed by atoms with Crippen LogP contribution in [0.3, 0.4) is 0 Å². The second-order valence-electron chi connectivity index (χ2n) is 2.81. The molecule has 0 aliphatic rings. The van der Waals surface area contributed by atoms with Gasteiger partial charge in [0.15, 0.2) is 0 Å². The summed E-state index contributed by atoms with van der Waals surface area (Å²) in [6.45, 7) is 0. The Hall–Kier alpha value is -1.83. The van der Waals surface area contributed by atoms with Gasteiger partial charge >= 0.3 is 0 Å². The number of tetrazole rings is 1. The van der Waals surface area contributed by atoms with Gasteiger partial charge in [0.1, 0.15) is 5.82 Å². The number of hydrogen-bond donors (Lipinski definition) is 2. The van der Waals surface area contributed by atoms with E-state index in [0.29, 0.717) is 4.47 Å². The van der Waals surface area contributed by atoms with Gasteiger partial charge in [-0.25, -0.2) is 4.39 Å². The lowest BCUT2D eigenvalue weighted by Gasteiger charge is -2.03. The number of hydrogen-bond acceptors (Lipinski definition) is 4. The quantitative estimate of drug-likeness (QED) is 0.873. The minimum absolute atomic E-state index is 0.0537. The second kappa shape index (κ2) is 4.35. The zero-order valence-electron chi connectivity index (χ0n) is 7.74.